The Morgan fingerprint density at radius 1 is 1.24 bits per heavy atom. The highest BCUT2D eigenvalue weighted by Gasteiger charge is 2.22. The number of aryl methyl sites for hydroxylation is 1. The zero-order valence-corrected chi connectivity index (χ0v) is 13.5. The molecule has 0 unspecified atom stereocenters. The molecule has 17 heavy (non-hydrogen) atoms. The molecule has 1 heterocycles. The highest BCUT2D eigenvalue weighted by atomic mass is 127. The maximum Gasteiger partial charge on any atom is 0.140 e. The summed E-state index contributed by atoms with van der Waals surface area (Å²) in [5.74, 6) is 2.16. The predicted octanol–water partition coefficient (Wildman–Crippen LogP) is 3.55. The van der Waals surface area contributed by atoms with Crippen LogP contribution in [0.3, 0.4) is 0 Å². The van der Waals surface area contributed by atoms with Crippen molar-refractivity contribution in [2.45, 2.75) is 52.9 Å². The number of nitrogens with two attached hydrogens (primary N) is 1. The van der Waals surface area contributed by atoms with Crippen molar-refractivity contribution >= 4 is 28.4 Å². The van der Waals surface area contributed by atoms with Crippen LogP contribution in [0.1, 0.15) is 52.6 Å². The molecule has 0 radical (unpaired) electrons. The minimum Gasteiger partial charge on any atom is -0.383 e. The van der Waals surface area contributed by atoms with Crippen LogP contribution in [0.5, 0.6) is 0 Å². The lowest BCUT2D eigenvalue weighted by atomic mass is 9.92. The van der Waals surface area contributed by atoms with E-state index in [9.17, 15) is 0 Å². The molecular weight excluding hydrogens is 325 g/mol. The summed E-state index contributed by atoms with van der Waals surface area (Å²) in [5, 5.41) is 0. The van der Waals surface area contributed by atoms with Crippen molar-refractivity contribution in [1.29, 1.82) is 0 Å². The Morgan fingerprint density at radius 2 is 1.82 bits per heavy atom. The molecule has 0 aliphatic rings. The smallest absolute Gasteiger partial charge is 0.140 e. The van der Waals surface area contributed by atoms with E-state index >= 15 is 0 Å². The number of nitrogen functional groups attached to an aromatic ring is 1. The van der Waals surface area contributed by atoms with Gasteiger partial charge < -0.3 is 5.73 Å². The van der Waals surface area contributed by atoms with Gasteiger partial charge in [0.25, 0.3) is 0 Å². The summed E-state index contributed by atoms with van der Waals surface area (Å²) >= 11 is 2.24. The van der Waals surface area contributed by atoms with E-state index < -0.39 is 0 Å². The molecule has 0 spiro atoms. The molecular formula is C13H22IN3. The summed E-state index contributed by atoms with van der Waals surface area (Å²) in [6.45, 7) is 10.9. The molecule has 0 saturated carbocycles. The van der Waals surface area contributed by atoms with Crippen LogP contribution >= 0.6 is 22.6 Å². The molecule has 1 aromatic rings. The Hall–Kier alpha value is -0.390. The molecule has 0 aromatic carbocycles. The van der Waals surface area contributed by atoms with Crippen LogP contribution in [-0.4, -0.2) is 9.97 Å². The second kappa shape index (κ2) is 5.50. The van der Waals surface area contributed by atoms with Gasteiger partial charge in [-0.3, -0.25) is 0 Å². The first-order valence-electron chi connectivity index (χ1n) is 6.04. The summed E-state index contributed by atoms with van der Waals surface area (Å²) in [7, 11) is 0. The fourth-order valence-electron chi connectivity index (χ4n) is 1.54. The molecule has 1 aromatic heterocycles. The first kappa shape index (κ1) is 14.7. The summed E-state index contributed by atoms with van der Waals surface area (Å²) in [6.07, 6.45) is 2.01. The lowest BCUT2D eigenvalue weighted by molar-refractivity contribution is 0.543. The fourth-order valence-corrected chi connectivity index (χ4v) is 2.59. The van der Waals surface area contributed by atoms with Gasteiger partial charge in [-0.2, -0.15) is 0 Å². The van der Waals surface area contributed by atoms with Gasteiger partial charge in [0.15, 0.2) is 0 Å². The van der Waals surface area contributed by atoms with E-state index in [0.717, 1.165) is 27.9 Å². The van der Waals surface area contributed by atoms with E-state index in [-0.39, 0.29) is 5.41 Å². The molecule has 96 valence electrons. The number of rotatable bonds is 3. The van der Waals surface area contributed by atoms with Gasteiger partial charge in [0.05, 0.1) is 9.26 Å². The van der Waals surface area contributed by atoms with Crippen molar-refractivity contribution in [2.24, 2.45) is 5.92 Å². The number of halogens is 1. The molecule has 3 nitrogen and oxygen atoms in total. The summed E-state index contributed by atoms with van der Waals surface area (Å²) in [6, 6.07) is 0. The third kappa shape index (κ3) is 4.08. The summed E-state index contributed by atoms with van der Waals surface area (Å²) < 4.78 is 0.989. The zero-order valence-electron chi connectivity index (χ0n) is 11.3. The van der Waals surface area contributed by atoms with Gasteiger partial charge >= 0.3 is 0 Å². The Morgan fingerprint density at radius 3 is 2.29 bits per heavy atom. The first-order valence-corrected chi connectivity index (χ1v) is 7.12. The number of aromatic nitrogens is 2. The number of anilines is 1. The van der Waals surface area contributed by atoms with Gasteiger partial charge in [0.2, 0.25) is 0 Å². The van der Waals surface area contributed by atoms with E-state index in [1.54, 1.807) is 0 Å². The molecule has 0 aliphatic heterocycles. The van der Waals surface area contributed by atoms with Gasteiger partial charge in [0, 0.05) is 11.8 Å². The van der Waals surface area contributed by atoms with Crippen molar-refractivity contribution < 1.29 is 0 Å². The van der Waals surface area contributed by atoms with Crippen LogP contribution in [0.2, 0.25) is 0 Å². The highest BCUT2D eigenvalue weighted by molar-refractivity contribution is 14.1. The normalized spacial score (nSPS) is 12.2. The fraction of sp³-hybridized carbons (Fsp3) is 0.692. The monoisotopic (exact) mass is 347 g/mol. The average molecular weight is 347 g/mol. The van der Waals surface area contributed by atoms with Crippen LogP contribution in [0.4, 0.5) is 5.82 Å². The molecule has 0 amide bonds. The summed E-state index contributed by atoms with van der Waals surface area (Å²) in [4.78, 5) is 9.06. The molecule has 4 heteroatoms. The van der Waals surface area contributed by atoms with Crippen LogP contribution in [0.25, 0.3) is 0 Å². The van der Waals surface area contributed by atoms with Gasteiger partial charge in [-0.05, 0) is 34.9 Å². The lowest BCUT2D eigenvalue weighted by Gasteiger charge is -2.21. The summed E-state index contributed by atoms with van der Waals surface area (Å²) in [5.41, 5.74) is 7.04. The van der Waals surface area contributed by atoms with Crippen LogP contribution in [0, 0.1) is 9.49 Å². The SMILES string of the molecule is CC(C)CCc1nc(N)c(I)c(C(C)(C)C)n1. The van der Waals surface area contributed by atoms with Crippen molar-refractivity contribution in [3.05, 3.63) is 15.1 Å². The second-order valence-electron chi connectivity index (χ2n) is 5.87. The Labute approximate surface area is 118 Å². The van der Waals surface area contributed by atoms with E-state index in [1.165, 1.54) is 0 Å². The quantitative estimate of drug-likeness (QED) is 0.851. The molecule has 0 atom stereocenters. The van der Waals surface area contributed by atoms with E-state index in [0.29, 0.717) is 11.7 Å². The van der Waals surface area contributed by atoms with Gasteiger partial charge in [-0.25, -0.2) is 9.97 Å². The van der Waals surface area contributed by atoms with Crippen molar-refractivity contribution in [3.63, 3.8) is 0 Å². The maximum absolute atomic E-state index is 5.97. The number of nitrogens with zero attached hydrogens (tertiary/aromatic N) is 2. The van der Waals surface area contributed by atoms with Crippen LogP contribution < -0.4 is 5.73 Å². The van der Waals surface area contributed by atoms with E-state index in [4.69, 9.17) is 5.73 Å². The van der Waals surface area contributed by atoms with Crippen LogP contribution in [-0.2, 0) is 11.8 Å². The molecule has 0 bridgehead atoms. The molecule has 0 fully saturated rings. The predicted molar refractivity (Wildman–Crippen MR) is 81.0 cm³/mol. The lowest BCUT2D eigenvalue weighted by Crippen LogP contribution is -2.19. The topological polar surface area (TPSA) is 51.8 Å². The largest absolute Gasteiger partial charge is 0.383 e. The van der Waals surface area contributed by atoms with Gasteiger partial charge in [-0.15, -0.1) is 0 Å². The van der Waals surface area contributed by atoms with Crippen LogP contribution in [0.15, 0.2) is 0 Å². The molecule has 0 saturated heterocycles. The van der Waals surface area contributed by atoms with Crippen molar-refractivity contribution in [1.82, 2.24) is 9.97 Å². The minimum absolute atomic E-state index is 0.0141. The average Bonchev–Trinajstić information content (AvgIpc) is 2.17. The Bertz CT molecular complexity index is 394. The molecule has 1 rings (SSSR count). The van der Waals surface area contributed by atoms with Gasteiger partial charge in [0.1, 0.15) is 11.6 Å². The maximum atomic E-state index is 5.97. The Kier molecular flexibility index (Phi) is 4.75. The molecule has 2 N–H and O–H groups in total. The third-order valence-corrected chi connectivity index (χ3v) is 3.64. The third-order valence-electron chi connectivity index (χ3n) is 2.58. The van der Waals surface area contributed by atoms with E-state index in [1.807, 2.05) is 0 Å². The van der Waals surface area contributed by atoms with Crippen molar-refractivity contribution in [3.8, 4) is 0 Å². The second-order valence-corrected chi connectivity index (χ2v) is 6.95. The first-order chi connectivity index (χ1) is 7.71. The van der Waals surface area contributed by atoms with E-state index in [2.05, 4.69) is 67.2 Å². The Balaban J connectivity index is 3.07. The molecule has 0 aliphatic carbocycles. The highest BCUT2D eigenvalue weighted by Crippen LogP contribution is 2.28. The number of hydrogen-bond acceptors (Lipinski definition) is 3. The standard InChI is InChI=1S/C13H22IN3/c1-8(2)6-7-9-16-11(13(3,4)5)10(14)12(15)17-9/h8H,6-7H2,1-5H3,(H2,15,16,17). The zero-order chi connectivity index (χ0) is 13.2. The van der Waals surface area contributed by atoms with Gasteiger partial charge in [-0.1, -0.05) is 34.6 Å². The minimum atomic E-state index is 0.0141. The number of hydrogen-bond donors (Lipinski definition) is 1. The van der Waals surface area contributed by atoms with Crippen molar-refractivity contribution in [2.75, 3.05) is 5.73 Å².